The van der Waals surface area contributed by atoms with Gasteiger partial charge in [-0.25, -0.2) is 23.5 Å². The van der Waals surface area contributed by atoms with E-state index in [2.05, 4.69) is 36.1 Å². The van der Waals surface area contributed by atoms with Crippen LogP contribution in [0.1, 0.15) is 37.0 Å². The van der Waals surface area contributed by atoms with Gasteiger partial charge in [-0.1, -0.05) is 0 Å². The zero-order chi connectivity index (χ0) is 27.0. The van der Waals surface area contributed by atoms with Crippen molar-refractivity contribution in [2.24, 2.45) is 0 Å². The van der Waals surface area contributed by atoms with E-state index in [9.17, 15) is 18.4 Å². The van der Waals surface area contributed by atoms with Crippen molar-refractivity contribution in [2.45, 2.75) is 38.9 Å². The van der Waals surface area contributed by atoms with E-state index in [1.165, 1.54) is 23.4 Å². The molecule has 13 nitrogen and oxygen atoms in total. The number of carbonyl (C=O) groups excluding carboxylic acids is 2. The minimum absolute atomic E-state index is 0.123. The van der Waals surface area contributed by atoms with E-state index in [-0.39, 0.29) is 48.4 Å². The van der Waals surface area contributed by atoms with Gasteiger partial charge in [0.2, 0.25) is 0 Å². The Morgan fingerprint density at radius 2 is 2.05 bits per heavy atom. The zero-order valence-corrected chi connectivity index (χ0v) is 20.5. The van der Waals surface area contributed by atoms with Gasteiger partial charge in [-0.15, -0.1) is 10.2 Å². The molecule has 1 atom stereocenters. The van der Waals surface area contributed by atoms with Gasteiger partial charge in [0.15, 0.2) is 17.2 Å². The van der Waals surface area contributed by atoms with Crippen molar-refractivity contribution >= 4 is 29.3 Å². The summed E-state index contributed by atoms with van der Waals surface area (Å²) in [5.74, 6) is -0.412. The van der Waals surface area contributed by atoms with Crippen LogP contribution in [0.4, 0.5) is 30.9 Å². The fourth-order valence-electron chi connectivity index (χ4n) is 3.15. The van der Waals surface area contributed by atoms with Crippen molar-refractivity contribution in [3.8, 4) is 6.07 Å². The Labute approximate surface area is 211 Å². The van der Waals surface area contributed by atoms with Crippen LogP contribution >= 0.6 is 0 Å². The van der Waals surface area contributed by atoms with E-state index in [0.29, 0.717) is 6.54 Å². The minimum Gasteiger partial charge on any atom is -0.444 e. The standard InChI is InChI=1S/C22H27F2N9O4/c1-22(2,3)37-21(35)33-4-5-36-14(12-33)9-27-15-6-17(30-18-11-26-13(7-25)8-28-18)31-32-19(15)20(34)29-10-16(23)24/h6,8,11,14,16H,4-5,9-10,12H2,1-3H3,(H,29,34)(H2,27,28,30,31). The van der Waals surface area contributed by atoms with E-state index in [4.69, 9.17) is 14.7 Å². The number of anilines is 3. The molecule has 0 aliphatic carbocycles. The molecule has 0 bridgehead atoms. The van der Waals surface area contributed by atoms with Gasteiger partial charge in [0.25, 0.3) is 12.3 Å². The summed E-state index contributed by atoms with van der Waals surface area (Å²) < 4.78 is 36.3. The number of ether oxygens (including phenoxy) is 2. The average molecular weight is 520 g/mol. The molecule has 198 valence electrons. The van der Waals surface area contributed by atoms with Crippen LogP contribution in [0.25, 0.3) is 0 Å². The lowest BCUT2D eigenvalue weighted by molar-refractivity contribution is -0.0371. The molecular weight excluding hydrogens is 492 g/mol. The number of morpholine rings is 1. The Kier molecular flexibility index (Phi) is 9.01. The normalized spacial score (nSPS) is 15.6. The molecule has 1 aliphatic rings. The van der Waals surface area contributed by atoms with Crippen molar-refractivity contribution in [1.82, 2.24) is 30.4 Å². The molecular formula is C22H27F2N9O4. The number of nitriles is 1. The molecule has 37 heavy (non-hydrogen) atoms. The predicted octanol–water partition coefficient (Wildman–Crippen LogP) is 1.92. The monoisotopic (exact) mass is 519 g/mol. The molecule has 1 fully saturated rings. The number of halogens is 2. The second-order valence-corrected chi connectivity index (χ2v) is 8.92. The maximum absolute atomic E-state index is 12.6. The molecule has 1 aliphatic heterocycles. The smallest absolute Gasteiger partial charge is 0.410 e. The summed E-state index contributed by atoms with van der Waals surface area (Å²) in [5.41, 5.74) is -0.548. The summed E-state index contributed by atoms with van der Waals surface area (Å²) in [4.78, 5) is 34.4. The van der Waals surface area contributed by atoms with E-state index >= 15 is 0 Å². The number of amides is 2. The number of rotatable bonds is 8. The number of nitrogens with zero attached hydrogens (tertiary/aromatic N) is 6. The highest BCUT2D eigenvalue weighted by Gasteiger charge is 2.28. The van der Waals surface area contributed by atoms with Crippen LogP contribution in [0.15, 0.2) is 18.5 Å². The molecule has 3 rings (SSSR count). The van der Waals surface area contributed by atoms with Crippen molar-refractivity contribution in [3.63, 3.8) is 0 Å². The second-order valence-electron chi connectivity index (χ2n) is 8.92. The number of hydrogen-bond donors (Lipinski definition) is 3. The minimum atomic E-state index is -2.74. The highest BCUT2D eigenvalue weighted by Crippen LogP contribution is 2.20. The Balaban J connectivity index is 1.73. The topological polar surface area (TPSA) is 167 Å². The van der Waals surface area contributed by atoms with E-state index in [1.54, 1.807) is 20.8 Å². The SMILES string of the molecule is CC(C)(C)OC(=O)N1CCOC(CNc2cc(Nc3cnc(C#N)cn3)nnc2C(=O)NCC(F)F)C1. The third-order valence-corrected chi connectivity index (χ3v) is 4.76. The van der Waals surface area contributed by atoms with Crippen molar-refractivity contribution in [3.05, 3.63) is 29.8 Å². The number of alkyl halides is 2. The first kappa shape index (κ1) is 27.4. The van der Waals surface area contributed by atoms with E-state index in [1.807, 2.05) is 6.07 Å². The quantitative estimate of drug-likeness (QED) is 0.466. The molecule has 0 aromatic carbocycles. The van der Waals surface area contributed by atoms with Gasteiger partial charge < -0.3 is 30.3 Å². The highest BCUT2D eigenvalue weighted by atomic mass is 19.3. The van der Waals surface area contributed by atoms with E-state index in [0.717, 1.165) is 0 Å². The fourth-order valence-corrected chi connectivity index (χ4v) is 3.15. The molecule has 3 N–H and O–H groups in total. The lowest BCUT2D eigenvalue weighted by Gasteiger charge is -2.34. The van der Waals surface area contributed by atoms with Gasteiger partial charge in [-0.2, -0.15) is 5.26 Å². The zero-order valence-electron chi connectivity index (χ0n) is 20.5. The summed E-state index contributed by atoms with van der Waals surface area (Å²) in [6, 6.07) is 3.30. The van der Waals surface area contributed by atoms with Gasteiger partial charge in [-0.3, -0.25) is 4.79 Å². The molecule has 2 amide bonds. The van der Waals surface area contributed by atoms with Crippen LogP contribution in [-0.4, -0.2) is 88.0 Å². The van der Waals surface area contributed by atoms with Gasteiger partial charge >= 0.3 is 6.09 Å². The number of hydrogen-bond acceptors (Lipinski definition) is 11. The van der Waals surface area contributed by atoms with Crippen LogP contribution in [0, 0.1) is 11.3 Å². The van der Waals surface area contributed by atoms with Gasteiger partial charge in [-0.05, 0) is 20.8 Å². The molecule has 0 saturated carbocycles. The summed E-state index contributed by atoms with van der Waals surface area (Å²) in [6.07, 6.45) is -1.07. The molecule has 1 saturated heterocycles. The van der Waals surface area contributed by atoms with Gasteiger partial charge in [0, 0.05) is 19.2 Å². The number of aromatic nitrogens is 4. The molecule has 1 unspecified atom stereocenters. The molecule has 15 heteroatoms. The largest absolute Gasteiger partial charge is 0.444 e. The summed E-state index contributed by atoms with van der Waals surface area (Å²) in [6.45, 7) is 5.52. The lowest BCUT2D eigenvalue weighted by atomic mass is 10.2. The van der Waals surface area contributed by atoms with Crippen molar-refractivity contribution < 1.29 is 27.8 Å². The van der Waals surface area contributed by atoms with Gasteiger partial charge in [0.1, 0.15) is 17.5 Å². The third-order valence-electron chi connectivity index (χ3n) is 4.76. The Morgan fingerprint density at radius 1 is 1.27 bits per heavy atom. The van der Waals surface area contributed by atoms with Gasteiger partial charge in [0.05, 0.1) is 43.9 Å². The second kappa shape index (κ2) is 12.2. The average Bonchev–Trinajstić information content (AvgIpc) is 2.86. The fraction of sp³-hybridized carbons (Fsp3) is 0.500. The summed E-state index contributed by atoms with van der Waals surface area (Å²) >= 11 is 0. The molecule has 2 aromatic rings. The highest BCUT2D eigenvalue weighted by molar-refractivity contribution is 5.97. The van der Waals surface area contributed by atoms with E-state index < -0.39 is 36.7 Å². The Bertz CT molecular complexity index is 1140. The summed E-state index contributed by atoms with van der Waals surface area (Å²) in [7, 11) is 0. The summed E-state index contributed by atoms with van der Waals surface area (Å²) in [5, 5.41) is 24.6. The predicted molar refractivity (Wildman–Crippen MR) is 126 cm³/mol. The van der Waals surface area contributed by atoms with Crippen LogP contribution in [0.5, 0.6) is 0 Å². The third kappa shape index (κ3) is 8.46. The molecule has 0 spiro atoms. The number of carbonyl (C=O) groups is 2. The maximum atomic E-state index is 12.6. The number of nitrogens with one attached hydrogen (secondary N) is 3. The molecule has 0 radical (unpaired) electrons. The van der Waals surface area contributed by atoms with Crippen molar-refractivity contribution in [2.75, 3.05) is 43.4 Å². The molecule has 2 aromatic heterocycles. The maximum Gasteiger partial charge on any atom is 0.410 e. The van der Waals surface area contributed by atoms with Crippen LogP contribution in [0.3, 0.4) is 0 Å². The van der Waals surface area contributed by atoms with Crippen molar-refractivity contribution in [1.29, 1.82) is 5.26 Å². The lowest BCUT2D eigenvalue weighted by Crippen LogP contribution is -2.49. The van der Waals surface area contributed by atoms with Crippen LogP contribution in [-0.2, 0) is 9.47 Å². The first-order valence-electron chi connectivity index (χ1n) is 11.3. The Hall–Kier alpha value is -4.19. The van der Waals surface area contributed by atoms with Crippen LogP contribution in [0.2, 0.25) is 0 Å². The first-order chi connectivity index (χ1) is 17.5. The molecule has 3 heterocycles. The Morgan fingerprint density at radius 3 is 2.70 bits per heavy atom. The van der Waals surface area contributed by atoms with Crippen LogP contribution < -0.4 is 16.0 Å². The first-order valence-corrected chi connectivity index (χ1v) is 11.3.